The van der Waals surface area contributed by atoms with E-state index in [2.05, 4.69) is 25.5 Å². The molecule has 0 saturated heterocycles. The number of hydrogen-bond donors (Lipinski definition) is 2. The Labute approximate surface area is 199 Å². The molecule has 176 valence electrons. The fraction of sp³-hybridized carbons (Fsp3) is 0.304. The van der Waals surface area contributed by atoms with Crippen molar-refractivity contribution >= 4 is 52.9 Å². The molecule has 0 spiro atoms. The molecule has 0 aliphatic carbocycles. The van der Waals surface area contributed by atoms with Crippen LogP contribution in [0.15, 0.2) is 48.7 Å². The predicted molar refractivity (Wildman–Crippen MR) is 137 cm³/mol. The van der Waals surface area contributed by atoms with Crippen LogP contribution in [0.1, 0.15) is 0 Å². The standard InChI is InChI=1S/C23H29ClN5O3P/c1-29(10-11-31-2)17-12-16(13-18(14-17)32-3)26-23-25-15-19(24)22(28-23)27-20-8-6-7-9-21(20)33(4,5)30/h6-9,12-15H,10-11H2,1-5H3,(H2,25,26,27,28). The fourth-order valence-corrected chi connectivity index (χ4v) is 4.47. The van der Waals surface area contributed by atoms with Crippen LogP contribution in [0.2, 0.25) is 5.02 Å². The van der Waals surface area contributed by atoms with Gasteiger partial charge in [0.2, 0.25) is 5.95 Å². The Bertz CT molecular complexity index is 1150. The average molecular weight is 490 g/mol. The summed E-state index contributed by atoms with van der Waals surface area (Å²) in [5.41, 5.74) is 2.41. The maximum absolute atomic E-state index is 12.7. The molecule has 0 radical (unpaired) electrons. The Morgan fingerprint density at radius 1 is 1.12 bits per heavy atom. The number of rotatable bonds is 10. The summed E-state index contributed by atoms with van der Waals surface area (Å²) in [6, 6.07) is 13.2. The van der Waals surface area contributed by atoms with Crippen LogP contribution >= 0.6 is 18.7 Å². The molecule has 0 unspecified atom stereocenters. The first-order valence-electron chi connectivity index (χ1n) is 10.3. The molecule has 0 atom stereocenters. The molecule has 1 heterocycles. The second-order valence-corrected chi connectivity index (χ2v) is 11.4. The molecule has 0 fully saturated rings. The highest BCUT2D eigenvalue weighted by atomic mass is 35.5. The molecule has 2 N–H and O–H groups in total. The van der Waals surface area contributed by atoms with Gasteiger partial charge in [-0.1, -0.05) is 23.7 Å². The first-order valence-corrected chi connectivity index (χ1v) is 13.3. The van der Waals surface area contributed by atoms with E-state index in [9.17, 15) is 4.57 Å². The highest BCUT2D eigenvalue weighted by Crippen LogP contribution is 2.38. The summed E-state index contributed by atoms with van der Waals surface area (Å²) in [5.74, 6) is 1.46. The van der Waals surface area contributed by atoms with Crippen molar-refractivity contribution < 1.29 is 14.0 Å². The molecule has 2 aromatic carbocycles. The molecule has 3 rings (SSSR count). The summed E-state index contributed by atoms with van der Waals surface area (Å²) in [6.07, 6.45) is 1.52. The lowest BCUT2D eigenvalue weighted by atomic mass is 10.2. The Morgan fingerprint density at radius 3 is 2.58 bits per heavy atom. The molecular formula is C23H29ClN5O3P. The van der Waals surface area contributed by atoms with Crippen LogP contribution in [0.3, 0.4) is 0 Å². The van der Waals surface area contributed by atoms with E-state index in [1.54, 1.807) is 27.5 Å². The lowest BCUT2D eigenvalue weighted by Crippen LogP contribution is -2.22. The zero-order valence-corrected chi connectivity index (χ0v) is 21.1. The van der Waals surface area contributed by atoms with Gasteiger partial charge in [0.25, 0.3) is 0 Å². The summed E-state index contributed by atoms with van der Waals surface area (Å²) in [7, 11) is 2.78. The second kappa shape index (κ2) is 10.9. The molecule has 0 saturated carbocycles. The summed E-state index contributed by atoms with van der Waals surface area (Å²) < 4.78 is 23.3. The highest BCUT2D eigenvalue weighted by molar-refractivity contribution is 7.70. The van der Waals surface area contributed by atoms with E-state index < -0.39 is 7.14 Å². The lowest BCUT2D eigenvalue weighted by molar-refractivity contribution is 0.206. The molecule has 33 heavy (non-hydrogen) atoms. The number of likely N-dealkylation sites (N-methyl/N-ethyl adjacent to an activating group) is 1. The van der Waals surface area contributed by atoms with Crippen LogP contribution in [0.25, 0.3) is 0 Å². The van der Waals surface area contributed by atoms with Crippen molar-refractivity contribution in [3.63, 3.8) is 0 Å². The van der Waals surface area contributed by atoms with Crippen LogP contribution in [0.4, 0.5) is 28.8 Å². The Hall–Kier alpha value is -2.80. The highest BCUT2D eigenvalue weighted by Gasteiger charge is 2.17. The lowest BCUT2D eigenvalue weighted by Gasteiger charge is -2.21. The quantitative estimate of drug-likeness (QED) is 0.386. The number of benzene rings is 2. The van der Waals surface area contributed by atoms with Crippen molar-refractivity contribution in [2.45, 2.75) is 0 Å². The van der Waals surface area contributed by atoms with Crippen molar-refractivity contribution in [2.75, 3.05) is 63.3 Å². The van der Waals surface area contributed by atoms with Crippen LogP contribution in [0.5, 0.6) is 5.75 Å². The smallest absolute Gasteiger partial charge is 0.229 e. The summed E-state index contributed by atoms with van der Waals surface area (Å²) in [4.78, 5) is 10.9. The molecule has 8 nitrogen and oxygen atoms in total. The van der Waals surface area contributed by atoms with Crippen molar-refractivity contribution in [1.29, 1.82) is 0 Å². The van der Waals surface area contributed by atoms with Gasteiger partial charge in [-0.05, 0) is 31.5 Å². The Balaban J connectivity index is 1.88. The van der Waals surface area contributed by atoms with Gasteiger partial charge in [0.05, 0.1) is 25.6 Å². The number of anilines is 5. The van der Waals surface area contributed by atoms with Crippen LogP contribution in [-0.2, 0) is 9.30 Å². The van der Waals surface area contributed by atoms with E-state index in [1.807, 2.05) is 49.5 Å². The Kier molecular flexibility index (Phi) is 8.19. The minimum absolute atomic E-state index is 0.350. The largest absolute Gasteiger partial charge is 0.497 e. The van der Waals surface area contributed by atoms with E-state index in [-0.39, 0.29) is 0 Å². The maximum Gasteiger partial charge on any atom is 0.229 e. The third kappa shape index (κ3) is 6.60. The molecule has 1 aromatic heterocycles. The van der Waals surface area contributed by atoms with Crippen LogP contribution < -0.4 is 25.6 Å². The fourth-order valence-electron chi connectivity index (χ4n) is 3.17. The van der Waals surface area contributed by atoms with Crippen LogP contribution in [0, 0.1) is 0 Å². The van der Waals surface area contributed by atoms with Gasteiger partial charge in [-0.15, -0.1) is 0 Å². The van der Waals surface area contributed by atoms with E-state index in [4.69, 9.17) is 21.1 Å². The van der Waals surface area contributed by atoms with Gasteiger partial charge in [0.1, 0.15) is 17.9 Å². The Morgan fingerprint density at radius 2 is 1.88 bits per heavy atom. The van der Waals surface area contributed by atoms with Gasteiger partial charge >= 0.3 is 0 Å². The number of hydrogen-bond acceptors (Lipinski definition) is 8. The van der Waals surface area contributed by atoms with Gasteiger partial charge in [-0.3, -0.25) is 0 Å². The zero-order chi connectivity index (χ0) is 24.0. The minimum Gasteiger partial charge on any atom is -0.497 e. The minimum atomic E-state index is -2.50. The molecule has 0 aliphatic rings. The number of methoxy groups -OCH3 is 2. The number of para-hydroxylation sites is 1. The van der Waals surface area contributed by atoms with E-state index in [0.29, 0.717) is 34.8 Å². The van der Waals surface area contributed by atoms with Gasteiger partial charge in [0, 0.05) is 49.5 Å². The topological polar surface area (TPSA) is 88.6 Å². The summed E-state index contributed by atoms with van der Waals surface area (Å²) in [5, 5.41) is 7.50. The monoisotopic (exact) mass is 489 g/mol. The van der Waals surface area contributed by atoms with Gasteiger partial charge < -0.3 is 29.6 Å². The first kappa shape index (κ1) is 24.8. The normalized spacial score (nSPS) is 11.2. The van der Waals surface area contributed by atoms with Gasteiger partial charge in [0.15, 0.2) is 5.82 Å². The molecule has 0 aliphatic heterocycles. The third-order valence-corrected chi connectivity index (χ3v) is 6.76. The molecule has 10 heteroatoms. The zero-order valence-electron chi connectivity index (χ0n) is 19.4. The van der Waals surface area contributed by atoms with Crippen molar-refractivity contribution in [1.82, 2.24) is 9.97 Å². The van der Waals surface area contributed by atoms with E-state index in [0.717, 1.165) is 23.2 Å². The first-order chi connectivity index (χ1) is 15.7. The number of ether oxygens (including phenoxy) is 2. The van der Waals surface area contributed by atoms with E-state index in [1.165, 1.54) is 6.20 Å². The number of nitrogens with one attached hydrogen (secondary N) is 2. The van der Waals surface area contributed by atoms with Gasteiger partial charge in [-0.25, -0.2) is 4.98 Å². The third-order valence-electron chi connectivity index (χ3n) is 4.94. The summed E-state index contributed by atoms with van der Waals surface area (Å²) in [6.45, 7) is 4.79. The average Bonchev–Trinajstić information content (AvgIpc) is 2.79. The number of nitrogens with zero attached hydrogens (tertiary/aromatic N) is 3. The van der Waals surface area contributed by atoms with E-state index >= 15 is 0 Å². The molecular weight excluding hydrogens is 461 g/mol. The molecule has 0 amide bonds. The van der Waals surface area contributed by atoms with Gasteiger partial charge in [-0.2, -0.15) is 4.98 Å². The van der Waals surface area contributed by atoms with Crippen LogP contribution in [-0.4, -0.2) is 57.7 Å². The second-order valence-electron chi connectivity index (χ2n) is 7.84. The molecule has 3 aromatic rings. The van der Waals surface area contributed by atoms with Crippen molar-refractivity contribution in [2.24, 2.45) is 0 Å². The predicted octanol–water partition coefficient (Wildman–Crippen LogP) is 4.96. The van der Waals surface area contributed by atoms with Crippen molar-refractivity contribution in [3.05, 3.63) is 53.7 Å². The SMILES string of the molecule is COCCN(C)c1cc(Nc2ncc(Cl)c(Nc3ccccc3P(C)(C)=O)n2)cc(OC)c1. The molecule has 0 bridgehead atoms. The number of halogens is 1. The maximum atomic E-state index is 12.7. The number of aromatic nitrogens is 2. The summed E-state index contributed by atoms with van der Waals surface area (Å²) >= 11 is 6.36. The van der Waals surface area contributed by atoms with Crippen molar-refractivity contribution in [3.8, 4) is 5.75 Å².